The van der Waals surface area contributed by atoms with Crippen molar-refractivity contribution >= 4 is 17.4 Å². The lowest BCUT2D eigenvalue weighted by atomic mass is 10.3. The molecule has 0 bridgehead atoms. The molecule has 2 N–H and O–H groups in total. The fourth-order valence-electron chi connectivity index (χ4n) is 1.63. The van der Waals surface area contributed by atoms with Gasteiger partial charge in [-0.05, 0) is 18.2 Å². The summed E-state index contributed by atoms with van der Waals surface area (Å²) < 4.78 is 24.2. The van der Waals surface area contributed by atoms with E-state index in [9.17, 15) is 4.39 Å². The van der Waals surface area contributed by atoms with E-state index in [1.807, 2.05) is 24.3 Å². The van der Waals surface area contributed by atoms with Crippen LogP contribution in [0.5, 0.6) is 11.5 Å². The van der Waals surface area contributed by atoms with Crippen LogP contribution in [0.3, 0.4) is 0 Å². The Balaban J connectivity index is 2.38. The first-order valence-electron chi connectivity index (χ1n) is 5.59. The zero-order valence-electron chi connectivity index (χ0n) is 10.6. The first-order chi connectivity index (χ1) is 9.15. The van der Waals surface area contributed by atoms with Crippen LogP contribution in [0.1, 0.15) is 0 Å². The van der Waals surface area contributed by atoms with Crippen molar-refractivity contribution in [3.8, 4) is 11.5 Å². The van der Waals surface area contributed by atoms with Gasteiger partial charge < -0.3 is 15.2 Å². The number of anilines is 1. The van der Waals surface area contributed by atoms with Crippen LogP contribution >= 0.6 is 11.8 Å². The fourth-order valence-corrected chi connectivity index (χ4v) is 2.58. The Kier molecular flexibility index (Phi) is 4.16. The molecular weight excluding hydrogens is 265 g/mol. The summed E-state index contributed by atoms with van der Waals surface area (Å²) in [4.78, 5) is 1.27. The quantitative estimate of drug-likeness (QED) is 0.869. The van der Waals surface area contributed by atoms with Gasteiger partial charge >= 0.3 is 0 Å². The third-order valence-electron chi connectivity index (χ3n) is 2.57. The Morgan fingerprint density at radius 1 is 1.00 bits per heavy atom. The SMILES string of the molecule is COc1cc(Sc2ccccc2OC)c(F)cc1N. The molecule has 0 saturated carbocycles. The molecule has 0 fully saturated rings. The van der Waals surface area contributed by atoms with E-state index in [2.05, 4.69) is 0 Å². The molecule has 0 saturated heterocycles. The molecule has 3 nitrogen and oxygen atoms in total. The topological polar surface area (TPSA) is 44.5 Å². The van der Waals surface area contributed by atoms with Crippen LogP contribution in [0.15, 0.2) is 46.2 Å². The molecule has 2 aromatic rings. The predicted octanol–water partition coefficient (Wildman–Crippen LogP) is 3.58. The molecule has 0 aromatic heterocycles. The van der Waals surface area contributed by atoms with E-state index in [1.54, 1.807) is 13.2 Å². The predicted molar refractivity (Wildman–Crippen MR) is 74.5 cm³/mol. The number of para-hydroxylation sites is 1. The molecule has 0 aliphatic heterocycles. The van der Waals surface area contributed by atoms with Crippen molar-refractivity contribution in [1.29, 1.82) is 0 Å². The number of halogens is 1. The minimum absolute atomic E-state index is 0.282. The van der Waals surface area contributed by atoms with Crippen LogP contribution in [-0.4, -0.2) is 14.2 Å². The largest absolute Gasteiger partial charge is 0.496 e. The van der Waals surface area contributed by atoms with Crippen LogP contribution < -0.4 is 15.2 Å². The first kappa shape index (κ1) is 13.5. The van der Waals surface area contributed by atoms with Crippen LogP contribution in [-0.2, 0) is 0 Å². The summed E-state index contributed by atoms with van der Waals surface area (Å²) in [6.07, 6.45) is 0. The molecule has 2 aromatic carbocycles. The van der Waals surface area contributed by atoms with Gasteiger partial charge in [-0.25, -0.2) is 4.39 Å². The van der Waals surface area contributed by atoms with Gasteiger partial charge in [-0.3, -0.25) is 0 Å². The molecular formula is C14H14FNO2S. The molecule has 0 atom stereocenters. The number of benzene rings is 2. The van der Waals surface area contributed by atoms with E-state index in [1.165, 1.54) is 24.9 Å². The Morgan fingerprint density at radius 2 is 1.68 bits per heavy atom. The van der Waals surface area contributed by atoms with Crippen molar-refractivity contribution in [1.82, 2.24) is 0 Å². The van der Waals surface area contributed by atoms with Crippen LogP contribution in [0, 0.1) is 5.82 Å². The zero-order chi connectivity index (χ0) is 13.8. The summed E-state index contributed by atoms with van der Waals surface area (Å²) in [5.74, 6) is 0.774. The highest BCUT2D eigenvalue weighted by molar-refractivity contribution is 7.99. The van der Waals surface area contributed by atoms with Gasteiger partial charge in [-0.15, -0.1) is 0 Å². The van der Waals surface area contributed by atoms with Gasteiger partial charge in [0.1, 0.15) is 17.3 Å². The smallest absolute Gasteiger partial charge is 0.143 e. The second-order valence-electron chi connectivity index (χ2n) is 3.78. The monoisotopic (exact) mass is 279 g/mol. The van der Waals surface area contributed by atoms with Crippen molar-refractivity contribution in [2.75, 3.05) is 20.0 Å². The van der Waals surface area contributed by atoms with E-state index < -0.39 is 0 Å². The summed E-state index contributed by atoms with van der Waals surface area (Å²) in [6, 6.07) is 10.3. The van der Waals surface area contributed by atoms with Crippen LogP contribution in [0.2, 0.25) is 0 Å². The number of nitrogens with two attached hydrogens (primary N) is 1. The van der Waals surface area contributed by atoms with Gasteiger partial charge in [0.25, 0.3) is 0 Å². The molecule has 19 heavy (non-hydrogen) atoms. The lowest BCUT2D eigenvalue weighted by Crippen LogP contribution is -1.95. The summed E-state index contributed by atoms with van der Waals surface area (Å²) >= 11 is 1.27. The molecule has 0 heterocycles. The maximum Gasteiger partial charge on any atom is 0.143 e. The van der Waals surface area contributed by atoms with E-state index in [-0.39, 0.29) is 11.5 Å². The Labute approximate surface area is 115 Å². The normalized spacial score (nSPS) is 10.3. The first-order valence-corrected chi connectivity index (χ1v) is 6.41. The number of ether oxygens (including phenoxy) is 2. The molecule has 2 rings (SSSR count). The zero-order valence-corrected chi connectivity index (χ0v) is 11.5. The Morgan fingerprint density at radius 3 is 2.37 bits per heavy atom. The van der Waals surface area contributed by atoms with Gasteiger partial charge in [-0.2, -0.15) is 0 Å². The summed E-state index contributed by atoms with van der Waals surface area (Å²) in [5, 5.41) is 0. The molecule has 0 spiro atoms. The summed E-state index contributed by atoms with van der Waals surface area (Å²) in [5.41, 5.74) is 5.93. The van der Waals surface area contributed by atoms with Crippen molar-refractivity contribution in [2.24, 2.45) is 0 Å². The second-order valence-corrected chi connectivity index (χ2v) is 4.86. The molecule has 0 aliphatic carbocycles. The van der Waals surface area contributed by atoms with Gasteiger partial charge in [0.05, 0.1) is 29.7 Å². The van der Waals surface area contributed by atoms with Crippen molar-refractivity contribution in [3.63, 3.8) is 0 Å². The lowest BCUT2D eigenvalue weighted by Gasteiger charge is -2.11. The van der Waals surface area contributed by atoms with Crippen molar-refractivity contribution < 1.29 is 13.9 Å². The third-order valence-corrected chi connectivity index (χ3v) is 3.66. The molecule has 0 amide bonds. The Bertz CT molecular complexity index is 590. The lowest BCUT2D eigenvalue weighted by molar-refractivity contribution is 0.404. The highest BCUT2D eigenvalue weighted by Crippen LogP contribution is 2.39. The van der Waals surface area contributed by atoms with E-state index in [0.717, 1.165) is 4.90 Å². The van der Waals surface area contributed by atoms with Crippen molar-refractivity contribution in [3.05, 3.63) is 42.2 Å². The van der Waals surface area contributed by atoms with Gasteiger partial charge in [0.2, 0.25) is 0 Å². The number of nitrogen functional groups attached to an aromatic ring is 1. The number of hydrogen-bond donors (Lipinski definition) is 1. The number of methoxy groups -OCH3 is 2. The maximum absolute atomic E-state index is 13.9. The minimum atomic E-state index is -0.380. The fraction of sp³-hybridized carbons (Fsp3) is 0.143. The van der Waals surface area contributed by atoms with Gasteiger partial charge in [-0.1, -0.05) is 23.9 Å². The maximum atomic E-state index is 13.9. The highest BCUT2D eigenvalue weighted by atomic mass is 32.2. The van der Waals surface area contributed by atoms with Crippen LogP contribution in [0.25, 0.3) is 0 Å². The van der Waals surface area contributed by atoms with E-state index in [4.69, 9.17) is 15.2 Å². The number of rotatable bonds is 4. The standard InChI is InChI=1S/C14H14FNO2S/c1-17-11-5-3-4-6-13(11)19-14-8-12(18-2)10(16)7-9(14)15/h3-8H,16H2,1-2H3. The average Bonchev–Trinajstić information content (AvgIpc) is 2.42. The summed E-state index contributed by atoms with van der Waals surface area (Å²) in [6.45, 7) is 0. The van der Waals surface area contributed by atoms with E-state index >= 15 is 0 Å². The van der Waals surface area contributed by atoms with Gasteiger partial charge in [0, 0.05) is 6.07 Å². The molecule has 100 valence electrons. The number of hydrogen-bond acceptors (Lipinski definition) is 4. The molecule has 0 unspecified atom stereocenters. The highest BCUT2D eigenvalue weighted by Gasteiger charge is 2.12. The summed E-state index contributed by atoms with van der Waals surface area (Å²) in [7, 11) is 3.08. The molecule has 5 heteroatoms. The Hall–Kier alpha value is -1.88. The average molecular weight is 279 g/mol. The second kappa shape index (κ2) is 5.84. The van der Waals surface area contributed by atoms with Crippen LogP contribution in [0.4, 0.5) is 10.1 Å². The van der Waals surface area contributed by atoms with E-state index in [0.29, 0.717) is 16.4 Å². The minimum Gasteiger partial charge on any atom is -0.496 e. The van der Waals surface area contributed by atoms with Crippen molar-refractivity contribution in [2.45, 2.75) is 9.79 Å². The third kappa shape index (κ3) is 2.93. The molecule has 0 radical (unpaired) electrons. The van der Waals surface area contributed by atoms with Gasteiger partial charge in [0.15, 0.2) is 0 Å². The molecule has 0 aliphatic rings.